The van der Waals surface area contributed by atoms with Gasteiger partial charge in [-0.05, 0) is 60.7 Å². The lowest BCUT2D eigenvalue weighted by atomic mass is 9.46. The van der Waals surface area contributed by atoms with E-state index in [9.17, 15) is 15.3 Å². The molecule has 0 bridgehead atoms. The van der Waals surface area contributed by atoms with Gasteiger partial charge in [0.2, 0.25) is 0 Å². The molecule has 0 saturated heterocycles. The summed E-state index contributed by atoms with van der Waals surface area (Å²) in [6.07, 6.45) is 7.16. The van der Waals surface area contributed by atoms with Gasteiger partial charge in [-0.1, -0.05) is 38.8 Å². The summed E-state index contributed by atoms with van der Waals surface area (Å²) in [7, 11) is 0. The SMILES string of the molecule is CCC1C2CC=C3C[C@@H](O)CC[C@]3(C)C2C(O)C[C@]1(C)CO. The minimum absolute atomic E-state index is 0.0335. The fourth-order valence-corrected chi connectivity index (χ4v) is 6.19. The highest BCUT2D eigenvalue weighted by Crippen LogP contribution is 2.61. The first-order chi connectivity index (χ1) is 10.4. The Morgan fingerprint density at radius 2 is 2.00 bits per heavy atom. The molecule has 0 spiro atoms. The maximum absolute atomic E-state index is 11.0. The summed E-state index contributed by atoms with van der Waals surface area (Å²) in [6.45, 7) is 6.84. The summed E-state index contributed by atoms with van der Waals surface area (Å²) >= 11 is 0. The molecule has 4 unspecified atom stereocenters. The van der Waals surface area contributed by atoms with Crippen LogP contribution in [0.3, 0.4) is 0 Å². The van der Waals surface area contributed by atoms with Gasteiger partial charge in [-0.15, -0.1) is 0 Å². The van der Waals surface area contributed by atoms with Gasteiger partial charge in [-0.3, -0.25) is 0 Å². The van der Waals surface area contributed by atoms with Crippen molar-refractivity contribution in [2.24, 2.45) is 28.6 Å². The third-order valence-corrected chi connectivity index (χ3v) is 7.32. The molecule has 0 aromatic heterocycles. The summed E-state index contributed by atoms with van der Waals surface area (Å²) in [4.78, 5) is 0. The Balaban J connectivity index is 1.99. The van der Waals surface area contributed by atoms with Crippen LogP contribution in [0.15, 0.2) is 11.6 Å². The molecule has 0 aromatic rings. The van der Waals surface area contributed by atoms with Crippen LogP contribution in [0.5, 0.6) is 0 Å². The van der Waals surface area contributed by atoms with Crippen molar-refractivity contribution >= 4 is 0 Å². The van der Waals surface area contributed by atoms with Gasteiger partial charge in [0.15, 0.2) is 0 Å². The summed E-state index contributed by atoms with van der Waals surface area (Å²) in [5.41, 5.74) is 1.24. The first kappa shape index (κ1) is 16.5. The zero-order valence-electron chi connectivity index (χ0n) is 14.3. The molecule has 3 rings (SSSR count). The van der Waals surface area contributed by atoms with Crippen molar-refractivity contribution < 1.29 is 15.3 Å². The molecule has 2 saturated carbocycles. The van der Waals surface area contributed by atoms with Gasteiger partial charge in [0, 0.05) is 6.61 Å². The first-order valence-electron chi connectivity index (χ1n) is 9.02. The third-order valence-electron chi connectivity index (χ3n) is 7.32. The Labute approximate surface area is 134 Å². The Morgan fingerprint density at radius 1 is 1.27 bits per heavy atom. The second-order valence-electron chi connectivity index (χ2n) is 8.57. The number of aliphatic hydroxyl groups excluding tert-OH is 3. The van der Waals surface area contributed by atoms with Crippen LogP contribution < -0.4 is 0 Å². The van der Waals surface area contributed by atoms with Crippen molar-refractivity contribution in [1.82, 2.24) is 0 Å². The van der Waals surface area contributed by atoms with Crippen LogP contribution in [0.25, 0.3) is 0 Å². The van der Waals surface area contributed by atoms with Gasteiger partial charge in [-0.25, -0.2) is 0 Å². The van der Waals surface area contributed by atoms with E-state index in [4.69, 9.17) is 0 Å². The van der Waals surface area contributed by atoms with Crippen LogP contribution in [0.4, 0.5) is 0 Å². The van der Waals surface area contributed by atoms with E-state index in [0.29, 0.717) is 18.3 Å². The van der Waals surface area contributed by atoms with E-state index >= 15 is 0 Å². The average molecular weight is 308 g/mol. The van der Waals surface area contributed by atoms with Crippen molar-refractivity contribution in [2.75, 3.05) is 6.61 Å². The Kier molecular flexibility index (Phi) is 4.20. The fraction of sp³-hybridized carbons (Fsp3) is 0.895. The van der Waals surface area contributed by atoms with E-state index in [2.05, 4.69) is 26.8 Å². The standard InChI is InChI=1S/C19H32O3/c1-4-15-14-6-5-12-9-13(21)7-8-19(12,3)17(14)16(22)10-18(15,2)11-20/h5,13-17,20-22H,4,6-11H2,1-3H3/t13-,14?,15?,16?,17?,18+,19-/m0/s1. The quantitative estimate of drug-likeness (QED) is 0.687. The van der Waals surface area contributed by atoms with Crippen LogP contribution in [0.2, 0.25) is 0 Å². The topological polar surface area (TPSA) is 60.7 Å². The number of fused-ring (bicyclic) bond motifs is 3. The van der Waals surface area contributed by atoms with Crippen molar-refractivity contribution in [3.8, 4) is 0 Å². The zero-order valence-corrected chi connectivity index (χ0v) is 14.3. The molecule has 0 radical (unpaired) electrons. The van der Waals surface area contributed by atoms with Crippen molar-refractivity contribution in [3.63, 3.8) is 0 Å². The minimum atomic E-state index is -0.339. The fourth-order valence-electron chi connectivity index (χ4n) is 6.19. The summed E-state index contributed by atoms with van der Waals surface area (Å²) < 4.78 is 0. The van der Waals surface area contributed by atoms with Crippen LogP contribution in [-0.2, 0) is 0 Å². The molecular weight excluding hydrogens is 276 g/mol. The molecule has 3 aliphatic carbocycles. The molecule has 22 heavy (non-hydrogen) atoms. The highest BCUT2D eigenvalue weighted by atomic mass is 16.3. The molecule has 0 amide bonds. The second-order valence-corrected chi connectivity index (χ2v) is 8.57. The molecule has 7 atom stereocenters. The van der Waals surface area contributed by atoms with E-state index in [1.165, 1.54) is 5.57 Å². The van der Waals surface area contributed by atoms with E-state index < -0.39 is 0 Å². The summed E-state index contributed by atoms with van der Waals surface area (Å²) in [5.74, 6) is 1.20. The lowest BCUT2D eigenvalue weighted by Gasteiger charge is -2.60. The van der Waals surface area contributed by atoms with Gasteiger partial charge in [0.25, 0.3) is 0 Å². The lowest BCUT2D eigenvalue weighted by Crippen LogP contribution is -2.57. The molecule has 3 N–H and O–H groups in total. The Bertz CT molecular complexity index is 460. The number of rotatable bonds is 2. The molecule has 126 valence electrons. The molecule has 0 aromatic carbocycles. The van der Waals surface area contributed by atoms with Gasteiger partial charge >= 0.3 is 0 Å². The van der Waals surface area contributed by atoms with Crippen LogP contribution in [0, 0.1) is 28.6 Å². The molecule has 3 heteroatoms. The van der Waals surface area contributed by atoms with Crippen molar-refractivity contribution in [2.45, 2.75) is 71.5 Å². The first-order valence-corrected chi connectivity index (χ1v) is 9.02. The highest BCUT2D eigenvalue weighted by molar-refractivity contribution is 5.25. The third kappa shape index (κ3) is 2.28. The molecule has 0 aliphatic heterocycles. The predicted octanol–water partition coefficient (Wildman–Crippen LogP) is 2.89. The largest absolute Gasteiger partial charge is 0.396 e. The summed E-state index contributed by atoms with van der Waals surface area (Å²) in [6, 6.07) is 0. The zero-order chi connectivity index (χ0) is 16.1. The van der Waals surface area contributed by atoms with Gasteiger partial charge in [0.05, 0.1) is 12.2 Å². The predicted molar refractivity (Wildman–Crippen MR) is 87.2 cm³/mol. The number of hydrogen-bond donors (Lipinski definition) is 3. The Hall–Kier alpha value is -0.380. The smallest absolute Gasteiger partial charge is 0.0585 e. The van der Waals surface area contributed by atoms with Crippen molar-refractivity contribution in [1.29, 1.82) is 0 Å². The summed E-state index contributed by atoms with van der Waals surface area (Å²) in [5, 5.41) is 30.9. The normalized spacial score (nSPS) is 51.7. The van der Waals surface area contributed by atoms with E-state index in [-0.39, 0.29) is 35.6 Å². The van der Waals surface area contributed by atoms with E-state index in [1.807, 2.05) is 0 Å². The second kappa shape index (κ2) is 5.61. The van der Waals surface area contributed by atoms with Crippen LogP contribution in [0.1, 0.15) is 59.3 Å². The van der Waals surface area contributed by atoms with Gasteiger partial charge in [-0.2, -0.15) is 0 Å². The molecule has 2 fully saturated rings. The van der Waals surface area contributed by atoms with Crippen LogP contribution >= 0.6 is 0 Å². The Morgan fingerprint density at radius 3 is 2.64 bits per heavy atom. The van der Waals surface area contributed by atoms with Crippen LogP contribution in [-0.4, -0.2) is 34.1 Å². The molecule has 0 heterocycles. The molecule has 3 nitrogen and oxygen atoms in total. The maximum atomic E-state index is 11.0. The highest BCUT2D eigenvalue weighted by Gasteiger charge is 2.57. The molecular formula is C19H32O3. The minimum Gasteiger partial charge on any atom is -0.396 e. The van der Waals surface area contributed by atoms with Gasteiger partial charge < -0.3 is 15.3 Å². The molecule has 3 aliphatic rings. The van der Waals surface area contributed by atoms with E-state index in [0.717, 1.165) is 32.1 Å². The number of hydrogen-bond acceptors (Lipinski definition) is 3. The van der Waals surface area contributed by atoms with Gasteiger partial charge in [0.1, 0.15) is 0 Å². The maximum Gasteiger partial charge on any atom is 0.0585 e. The monoisotopic (exact) mass is 308 g/mol. The van der Waals surface area contributed by atoms with E-state index in [1.54, 1.807) is 0 Å². The lowest BCUT2D eigenvalue weighted by molar-refractivity contribution is -0.138. The number of aliphatic hydroxyl groups is 3. The number of allylic oxidation sites excluding steroid dienone is 1. The van der Waals surface area contributed by atoms with Crippen molar-refractivity contribution in [3.05, 3.63) is 11.6 Å². The average Bonchev–Trinajstić information content (AvgIpc) is 2.47.